The van der Waals surface area contributed by atoms with Crippen LogP contribution in [0.1, 0.15) is 45.5 Å². The molecule has 0 radical (unpaired) electrons. The zero-order chi connectivity index (χ0) is 17.7. The highest BCUT2D eigenvalue weighted by Crippen LogP contribution is 2.49. The Balaban J connectivity index is 2.05. The van der Waals surface area contributed by atoms with E-state index in [4.69, 9.17) is 10.3 Å². The first kappa shape index (κ1) is 15.8. The third-order valence-electron chi connectivity index (χ3n) is 4.69. The number of nitrogens with one attached hydrogen (secondary N) is 1. The van der Waals surface area contributed by atoms with Gasteiger partial charge in [-0.15, -0.1) is 11.3 Å². The smallest absolute Gasteiger partial charge is 0.218 e. The maximum atomic E-state index is 11.6. The highest BCUT2D eigenvalue weighted by atomic mass is 32.1. The topological polar surface area (TPSA) is 97.8 Å². The van der Waals surface area contributed by atoms with Gasteiger partial charge in [-0.2, -0.15) is 5.10 Å². The van der Waals surface area contributed by atoms with Gasteiger partial charge in [0.15, 0.2) is 5.76 Å². The number of primary amides is 1. The maximum absolute atomic E-state index is 11.6. The molecule has 25 heavy (non-hydrogen) atoms. The van der Waals surface area contributed by atoms with Crippen molar-refractivity contribution in [3.05, 3.63) is 51.5 Å². The number of aromatic nitrogens is 3. The molecule has 1 aliphatic rings. The number of carbonyl (C=O) groups excluding carboxylic acids is 1. The van der Waals surface area contributed by atoms with Crippen LogP contribution in [0.25, 0.3) is 16.0 Å². The molecule has 0 bridgehead atoms. The summed E-state index contributed by atoms with van der Waals surface area (Å²) in [4.78, 5) is 14.0. The molecule has 3 N–H and O–H groups in total. The molecule has 3 aromatic heterocycles. The van der Waals surface area contributed by atoms with Gasteiger partial charge < -0.3 is 10.3 Å². The van der Waals surface area contributed by atoms with Gasteiger partial charge in [0.2, 0.25) is 5.91 Å². The van der Waals surface area contributed by atoms with Crippen LogP contribution in [0.2, 0.25) is 0 Å². The van der Waals surface area contributed by atoms with E-state index in [1.54, 1.807) is 17.5 Å². The standard InChI is InChI=1S/C18H18N4O2S/c1-8-10(3)25-18-15(8)12(13-4-5-20-21-13)6-11(7-14(19)23)17-16(18)9(2)22-24-17/h4-6,11H,7H2,1-3H3,(H2,19,23)(H,20,21)/t11-/m0/s1. The lowest BCUT2D eigenvalue weighted by Crippen LogP contribution is -2.14. The molecule has 0 aliphatic heterocycles. The minimum atomic E-state index is -0.372. The van der Waals surface area contributed by atoms with Gasteiger partial charge in [0.1, 0.15) is 0 Å². The minimum absolute atomic E-state index is 0.173. The fourth-order valence-electron chi connectivity index (χ4n) is 3.40. The summed E-state index contributed by atoms with van der Waals surface area (Å²) in [6.45, 7) is 6.16. The second-order valence-corrected chi connectivity index (χ2v) is 7.55. The van der Waals surface area contributed by atoms with Crippen molar-refractivity contribution in [1.82, 2.24) is 15.4 Å². The van der Waals surface area contributed by atoms with Gasteiger partial charge in [-0.05, 0) is 32.4 Å². The number of amides is 1. The Hall–Kier alpha value is -2.67. The molecule has 1 aliphatic carbocycles. The van der Waals surface area contributed by atoms with Gasteiger partial charge >= 0.3 is 0 Å². The number of hydrogen-bond donors (Lipinski definition) is 2. The molecule has 6 nitrogen and oxygen atoms in total. The zero-order valence-corrected chi connectivity index (χ0v) is 15.0. The molecule has 0 spiro atoms. The van der Waals surface area contributed by atoms with E-state index in [1.807, 2.05) is 19.1 Å². The number of nitrogens with zero attached hydrogens (tertiary/aromatic N) is 2. The second-order valence-electron chi connectivity index (χ2n) is 6.32. The van der Waals surface area contributed by atoms with Gasteiger partial charge in [0.05, 0.1) is 17.0 Å². The van der Waals surface area contributed by atoms with Crippen LogP contribution in [0.5, 0.6) is 0 Å². The first-order chi connectivity index (χ1) is 12.0. The van der Waals surface area contributed by atoms with Crippen molar-refractivity contribution in [2.75, 3.05) is 0 Å². The first-order valence-electron chi connectivity index (χ1n) is 8.04. The van der Waals surface area contributed by atoms with Crippen LogP contribution in [0.4, 0.5) is 0 Å². The quantitative estimate of drug-likeness (QED) is 0.752. The Labute approximate surface area is 148 Å². The van der Waals surface area contributed by atoms with Crippen molar-refractivity contribution < 1.29 is 9.32 Å². The Morgan fingerprint density at radius 3 is 2.84 bits per heavy atom. The van der Waals surface area contributed by atoms with E-state index >= 15 is 0 Å². The summed E-state index contributed by atoms with van der Waals surface area (Å²) in [7, 11) is 0. The molecule has 4 rings (SSSR count). The van der Waals surface area contributed by atoms with Gasteiger partial charge in [0.25, 0.3) is 0 Å². The molecule has 0 aromatic carbocycles. The first-order valence-corrected chi connectivity index (χ1v) is 8.85. The van der Waals surface area contributed by atoms with Crippen LogP contribution in [-0.2, 0) is 4.79 Å². The van der Waals surface area contributed by atoms with Crippen LogP contribution >= 0.6 is 11.3 Å². The van der Waals surface area contributed by atoms with E-state index in [2.05, 4.69) is 29.2 Å². The van der Waals surface area contributed by atoms with Crippen molar-refractivity contribution in [1.29, 1.82) is 0 Å². The molecule has 0 saturated heterocycles. The molecule has 3 aromatic rings. The van der Waals surface area contributed by atoms with E-state index in [0.29, 0.717) is 5.76 Å². The van der Waals surface area contributed by atoms with E-state index < -0.39 is 0 Å². The molecular weight excluding hydrogens is 336 g/mol. The number of nitrogens with two attached hydrogens (primary N) is 1. The average Bonchev–Trinajstić information content (AvgIpc) is 3.24. The number of H-pyrrole nitrogens is 1. The van der Waals surface area contributed by atoms with Crippen LogP contribution in [-0.4, -0.2) is 21.3 Å². The van der Waals surface area contributed by atoms with Crippen LogP contribution < -0.4 is 5.73 Å². The van der Waals surface area contributed by atoms with Crippen LogP contribution in [0.15, 0.2) is 22.9 Å². The third-order valence-corrected chi connectivity index (χ3v) is 5.91. The highest BCUT2D eigenvalue weighted by Gasteiger charge is 2.33. The Morgan fingerprint density at radius 2 is 2.16 bits per heavy atom. The minimum Gasteiger partial charge on any atom is -0.370 e. The summed E-state index contributed by atoms with van der Waals surface area (Å²) < 4.78 is 5.63. The molecule has 3 heterocycles. The summed E-state index contributed by atoms with van der Waals surface area (Å²) in [5.74, 6) is 0.0722. The predicted octanol–water partition coefficient (Wildman–Crippen LogP) is 3.46. The summed E-state index contributed by atoms with van der Waals surface area (Å²) >= 11 is 1.72. The van der Waals surface area contributed by atoms with Crippen molar-refractivity contribution in [3.8, 4) is 10.4 Å². The Bertz CT molecular complexity index is 995. The Kier molecular flexibility index (Phi) is 3.61. The fourth-order valence-corrected chi connectivity index (χ4v) is 4.68. The molecular formula is C18H18N4O2S. The highest BCUT2D eigenvalue weighted by molar-refractivity contribution is 7.16. The van der Waals surface area contributed by atoms with Gasteiger partial charge in [0, 0.05) is 39.4 Å². The summed E-state index contributed by atoms with van der Waals surface area (Å²) in [6.07, 6.45) is 3.95. The molecule has 1 atom stereocenters. The number of aryl methyl sites for hydroxylation is 2. The predicted molar refractivity (Wildman–Crippen MR) is 96.2 cm³/mol. The fraction of sp³-hybridized carbons (Fsp3) is 0.278. The lowest BCUT2D eigenvalue weighted by Gasteiger charge is -2.10. The number of aromatic amines is 1. The average molecular weight is 354 g/mol. The summed E-state index contributed by atoms with van der Waals surface area (Å²) in [5, 5.41) is 11.3. The van der Waals surface area contributed by atoms with E-state index in [0.717, 1.165) is 33.0 Å². The number of hydrogen-bond acceptors (Lipinski definition) is 5. The number of rotatable bonds is 3. The number of allylic oxidation sites excluding steroid dienone is 1. The van der Waals surface area contributed by atoms with Gasteiger partial charge in [-0.25, -0.2) is 0 Å². The lowest BCUT2D eigenvalue weighted by atomic mass is 9.95. The van der Waals surface area contributed by atoms with Gasteiger partial charge in [-0.3, -0.25) is 9.89 Å². The SMILES string of the molecule is Cc1noc2c1-c1sc(C)c(C)c1C(c1ccn[nH]1)=C[C@H]2CC(N)=O. The maximum Gasteiger partial charge on any atom is 0.218 e. The number of carbonyl (C=O) groups is 1. The molecule has 128 valence electrons. The molecule has 0 fully saturated rings. The number of thiophene rings is 1. The van der Waals surface area contributed by atoms with Gasteiger partial charge in [-0.1, -0.05) is 11.2 Å². The number of fused-ring (bicyclic) bond motifs is 3. The van der Waals surface area contributed by atoms with Crippen molar-refractivity contribution in [2.45, 2.75) is 33.1 Å². The van der Waals surface area contributed by atoms with Crippen LogP contribution in [0.3, 0.4) is 0 Å². The van der Waals surface area contributed by atoms with Crippen molar-refractivity contribution in [3.63, 3.8) is 0 Å². The van der Waals surface area contributed by atoms with Crippen molar-refractivity contribution >= 4 is 22.8 Å². The molecule has 1 amide bonds. The Morgan fingerprint density at radius 1 is 1.36 bits per heavy atom. The van der Waals surface area contributed by atoms with E-state index in [-0.39, 0.29) is 18.2 Å². The largest absolute Gasteiger partial charge is 0.370 e. The normalized spacial score (nSPS) is 16.1. The monoisotopic (exact) mass is 354 g/mol. The van der Waals surface area contributed by atoms with E-state index in [1.165, 1.54) is 10.4 Å². The van der Waals surface area contributed by atoms with Crippen LogP contribution in [0, 0.1) is 20.8 Å². The zero-order valence-electron chi connectivity index (χ0n) is 14.2. The summed E-state index contributed by atoms with van der Waals surface area (Å²) in [5.41, 5.74) is 11.6. The second kappa shape index (κ2) is 5.70. The van der Waals surface area contributed by atoms with Crippen molar-refractivity contribution in [2.24, 2.45) is 5.73 Å². The van der Waals surface area contributed by atoms with E-state index in [9.17, 15) is 4.79 Å². The third kappa shape index (κ3) is 2.42. The molecule has 0 saturated carbocycles. The summed E-state index contributed by atoms with van der Waals surface area (Å²) in [6, 6.07) is 1.93. The molecule has 0 unspecified atom stereocenters. The molecule has 7 heteroatoms. The lowest BCUT2D eigenvalue weighted by molar-refractivity contribution is -0.118.